The Morgan fingerprint density at radius 2 is 1.71 bits per heavy atom. The molecule has 0 radical (unpaired) electrons. The predicted molar refractivity (Wildman–Crippen MR) is 64.8 cm³/mol. The minimum atomic E-state index is -0.849. The summed E-state index contributed by atoms with van der Waals surface area (Å²) in [6.07, 6.45) is 0.426. The molecule has 2 rings (SSSR count). The molecule has 1 aromatic carbocycles. The second-order valence-corrected chi connectivity index (χ2v) is 5.11. The van der Waals surface area contributed by atoms with Gasteiger partial charge >= 0.3 is 5.97 Å². The molecule has 0 amide bonds. The Morgan fingerprint density at radius 1 is 1.24 bits per heavy atom. The molecule has 1 aromatic rings. The zero-order chi connectivity index (χ0) is 12.6. The molecular weight excluding hydrogens is 216 g/mol. The lowest BCUT2D eigenvalue weighted by molar-refractivity contribution is -0.154. The zero-order valence-electron chi connectivity index (χ0n) is 10.2. The number of hydrogen-bond donors (Lipinski definition) is 2. The van der Waals surface area contributed by atoms with Gasteiger partial charge in [0, 0.05) is 0 Å². The molecule has 17 heavy (non-hydrogen) atoms. The lowest BCUT2D eigenvalue weighted by Gasteiger charge is -2.33. The molecule has 0 fully saturated rings. The molecule has 0 heterocycles. The summed E-state index contributed by atoms with van der Waals surface area (Å²) < 4.78 is 0. The lowest BCUT2D eigenvalue weighted by atomic mass is 9.71. The van der Waals surface area contributed by atoms with E-state index in [1.165, 1.54) is 0 Å². The van der Waals surface area contributed by atoms with Gasteiger partial charge < -0.3 is 10.2 Å². The van der Waals surface area contributed by atoms with Crippen molar-refractivity contribution in [3.05, 3.63) is 35.4 Å². The van der Waals surface area contributed by atoms with E-state index in [4.69, 9.17) is 0 Å². The van der Waals surface area contributed by atoms with Crippen LogP contribution in [0.5, 0.6) is 0 Å². The SMILES string of the molecule is CC(O)C(C)C1(C(=O)O)Cc2ccccc2C1. The molecule has 1 aliphatic rings. The van der Waals surface area contributed by atoms with Crippen molar-refractivity contribution in [3.63, 3.8) is 0 Å². The maximum Gasteiger partial charge on any atom is 0.310 e. The Labute approximate surface area is 101 Å². The third kappa shape index (κ3) is 1.84. The predicted octanol–water partition coefficient (Wildman–Crippen LogP) is 1.87. The van der Waals surface area contributed by atoms with Crippen molar-refractivity contribution in [2.45, 2.75) is 32.8 Å². The van der Waals surface area contributed by atoms with Crippen LogP contribution in [0.2, 0.25) is 0 Å². The van der Waals surface area contributed by atoms with Crippen LogP contribution in [-0.4, -0.2) is 22.3 Å². The number of rotatable bonds is 3. The molecule has 0 bridgehead atoms. The van der Waals surface area contributed by atoms with Gasteiger partial charge in [0.25, 0.3) is 0 Å². The molecule has 92 valence electrons. The van der Waals surface area contributed by atoms with E-state index in [2.05, 4.69) is 0 Å². The lowest BCUT2D eigenvalue weighted by Crippen LogP contribution is -2.42. The van der Waals surface area contributed by atoms with Crippen LogP contribution in [0.1, 0.15) is 25.0 Å². The van der Waals surface area contributed by atoms with E-state index in [0.29, 0.717) is 12.8 Å². The first-order valence-corrected chi connectivity index (χ1v) is 5.95. The second-order valence-electron chi connectivity index (χ2n) is 5.11. The fourth-order valence-corrected chi connectivity index (χ4v) is 2.77. The quantitative estimate of drug-likeness (QED) is 0.839. The van der Waals surface area contributed by atoms with Crippen molar-refractivity contribution >= 4 is 5.97 Å². The molecule has 0 aromatic heterocycles. The summed E-state index contributed by atoms with van der Waals surface area (Å²) in [5.74, 6) is -1.06. The third-order valence-corrected chi connectivity index (χ3v) is 4.15. The largest absolute Gasteiger partial charge is 0.481 e. The van der Waals surface area contributed by atoms with E-state index >= 15 is 0 Å². The van der Waals surface area contributed by atoms with Gasteiger partial charge in [0.05, 0.1) is 11.5 Å². The molecule has 0 aliphatic heterocycles. The van der Waals surface area contributed by atoms with Crippen molar-refractivity contribution < 1.29 is 15.0 Å². The molecule has 1 aliphatic carbocycles. The highest BCUT2D eigenvalue weighted by atomic mass is 16.4. The van der Waals surface area contributed by atoms with Gasteiger partial charge in [-0.2, -0.15) is 0 Å². The number of hydrogen-bond acceptors (Lipinski definition) is 2. The Balaban J connectivity index is 2.39. The van der Waals surface area contributed by atoms with E-state index in [1.54, 1.807) is 6.92 Å². The summed E-state index contributed by atoms with van der Waals surface area (Å²) in [6, 6.07) is 7.83. The highest BCUT2D eigenvalue weighted by Crippen LogP contribution is 2.44. The van der Waals surface area contributed by atoms with E-state index in [0.717, 1.165) is 11.1 Å². The van der Waals surface area contributed by atoms with Gasteiger partial charge in [-0.05, 0) is 36.8 Å². The summed E-state index contributed by atoms with van der Waals surface area (Å²) in [4.78, 5) is 11.6. The van der Waals surface area contributed by atoms with E-state index < -0.39 is 17.5 Å². The maximum atomic E-state index is 11.6. The number of benzene rings is 1. The number of carboxylic acids is 1. The minimum absolute atomic E-state index is 0.257. The summed E-state index contributed by atoms with van der Waals surface area (Å²) in [6.45, 7) is 3.49. The van der Waals surface area contributed by atoms with Crippen molar-refractivity contribution in [3.8, 4) is 0 Å². The van der Waals surface area contributed by atoms with Crippen molar-refractivity contribution in [1.29, 1.82) is 0 Å². The summed E-state index contributed by atoms with van der Waals surface area (Å²) in [5.41, 5.74) is 1.35. The summed E-state index contributed by atoms with van der Waals surface area (Å²) in [7, 11) is 0. The van der Waals surface area contributed by atoms with Crippen LogP contribution >= 0.6 is 0 Å². The highest BCUT2D eigenvalue weighted by Gasteiger charge is 2.49. The number of carbonyl (C=O) groups is 1. The Hall–Kier alpha value is -1.35. The maximum absolute atomic E-state index is 11.6. The van der Waals surface area contributed by atoms with Crippen LogP contribution in [0.4, 0.5) is 0 Å². The normalized spacial score (nSPS) is 20.6. The zero-order valence-corrected chi connectivity index (χ0v) is 10.2. The molecule has 0 spiro atoms. The molecule has 0 saturated carbocycles. The van der Waals surface area contributed by atoms with Crippen molar-refractivity contribution in [2.24, 2.45) is 11.3 Å². The van der Waals surface area contributed by atoms with Crippen LogP contribution in [0.3, 0.4) is 0 Å². The molecule has 3 nitrogen and oxygen atoms in total. The fraction of sp³-hybridized carbons (Fsp3) is 0.500. The Kier molecular flexibility index (Phi) is 2.96. The summed E-state index contributed by atoms with van der Waals surface area (Å²) in [5, 5.41) is 19.3. The van der Waals surface area contributed by atoms with Gasteiger partial charge in [-0.1, -0.05) is 31.2 Å². The molecule has 2 unspecified atom stereocenters. The Morgan fingerprint density at radius 3 is 2.06 bits per heavy atom. The van der Waals surface area contributed by atoms with Gasteiger partial charge in [-0.25, -0.2) is 0 Å². The number of carboxylic acid groups (broad SMARTS) is 1. The standard InChI is InChI=1S/C14H18O3/c1-9(10(2)15)14(13(16)17)7-11-5-3-4-6-12(11)8-14/h3-6,9-10,15H,7-8H2,1-2H3,(H,16,17). The smallest absolute Gasteiger partial charge is 0.310 e. The van der Waals surface area contributed by atoms with E-state index in [1.807, 2.05) is 31.2 Å². The van der Waals surface area contributed by atoms with Crippen LogP contribution in [-0.2, 0) is 17.6 Å². The van der Waals surface area contributed by atoms with Crippen molar-refractivity contribution in [1.82, 2.24) is 0 Å². The molecule has 3 heteroatoms. The molecule has 0 saturated heterocycles. The van der Waals surface area contributed by atoms with Gasteiger partial charge in [0.15, 0.2) is 0 Å². The van der Waals surface area contributed by atoms with Gasteiger partial charge in [-0.3, -0.25) is 4.79 Å². The van der Waals surface area contributed by atoms with Gasteiger partial charge in [0.2, 0.25) is 0 Å². The van der Waals surface area contributed by atoms with E-state index in [9.17, 15) is 15.0 Å². The first-order valence-electron chi connectivity index (χ1n) is 5.95. The monoisotopic (exact) mass is 234 g/mol. The van der Waals surface area contributed by atoms with Crippen LogP contribution in [0.15, 0.2) is 24.3 Å². The average molecular weight is 234 g/mol. The first kappa shape index (κ1) is 12.1. The Bertz CT molecular complexity index is 412. The fourth-order valence-electron chi connectivity index (χ4n) is 2.77. The first-order chi connectivity index (χ1) is 7.97. The number of aliphatic hydroxyl groups is 1. The number of aliphatic hydroxyl groups excluding tert-OH is 1. The van der Waals surface area contributed by atoms with Crippen LogP contribution < -0.4 is 0 Å². The molecular formula is C14H18O3. The van der Waals surface area contributed by atoms with Crippen molar-refractivity contribution in [2.75, 3.05) is 0 Å². The minimum Gasteiger partial charge on any atom is -0.481 e. The van der Waals surface area contributed by atoms with Gasteiger partial charge in [0.1, 0.15) is 0 Å². The topological polar surface area (TPSA) is 57.5 Å². The second kappa shape index (κ2) is 4.15. The van der Waals surface area contributed by atoms with Gasteiger partial charge in [-0.15, -0.1) is 0 Å². The van der Waals surface area contributed by atoms with Crippen LogP contribution in [0.25, 0.3) is 0 Å². The van der Waals surface area contributed by atoms with Crippen LogP contribution in [0, 0.1) is 11.3 Å². The summed E-state index contributed by atoms with van der Waals surface area (Å²) >= 11 is 0. The third-order valence-electron chi connectivity index (χ3n) is 4.15. The number of fused-ring (bicyclic) bond motifs is 1. The molecule has 2 N–H and O–H groups in total. The molecule has 2 atom stereocenters. The number of aliphatic carboxylic acids is 1. The highest BCUT2D eigenvalue weighted by molar-refractivity contribution is 5.77. The average Bonchev–Trinajstić information content (AvgIpc) is 2.68. The van der Waals surface area contributed by atoms with E-state index in [-0.39, 0.29) is 5.92 Å².